The Morgan fingerprint density at radius 1 is 0.960 bits per heavy atom. The number of aliphatic hydroxyl groups excluding tert-OH is 1. The zero-order valence-electron chi connectivity index (χ0n) is 27.2. The molecule has 0 spiro atoms. The summed E-state index contributed by atoms with van der Waals surface area (Å²) in [4.78, 5) is 47.6. The number of benzene rings is 2. The quantitative estimate of drug-likeness (QED) is 0.187. The number of fused-ring (bicyclic) bond motifs is 1. The molecule has 3 N–H and O–H groups in total. The molecule has 0 aliphatic carbocycles. The molecular weight excluding hydrogens is 679 g/mol. The molecule has 2 aliphatic rings. The summed E-state index contributed by atoms with van der Waals surface area (Å²) in [7, 11) is 1.58. The fourth-order valence-electron chi connectivity index (χ4n) is 6.54. The molecule has 5 heterocycles. The summed E-state index contributed by atoms with van der Waals surface area (Å²) in [5, 5.41) is 17.1. The Balaban J connectivity index is 1.16. The molecule has 3 aromatic heterocycles. The van der Waals surface area contributed by atoms with E-state index in [0.29, 0.717) is 63.6 Å². The number of amides is 2. The Morgan fingerprint density at radius 2 is 1.70 bits per heavy atom. The van der Waals surface area contributed by atoms with Gasteiger partial charge in [0, 0.05) is 72.2 Å². The van der Waals surface area contributed by atoms with Crippen LogP contribution in [0.5, 0.6) is 5.88 Å². The van der Waals surface area contributed by atoms with E-state index in [4.69, 9.17) is 32.9 Å². The van der Waals surface area contributed by atoms with Gasteiger partial charge >= 0.3 is 0 Å². The maximum atomic E-state index is 12.9. The summed E-state index contributed by atoms with van der Waals surface area (Å²) < 4.78 is 7.07. The zero-order valence-corrected chi connectivity index (χ0v) is 28.7. The van der Waals surface area contributed by atoms with Crippen molar-refractivity contribution in [2.75, 3.05) is 20.2 Å². The minimum atomic E-state index is -0.717. The van der Waals surface area contributed by atoms with Crippen LogP contribution in [-0.4, -0.2) is 68.5 Å². The molecule has 0 radical (unpaired) electrons. The van der Waals surface area contributed by atoms with Gasteiger partial charge in [0.1, 0.15) is 5.65 Å². The summed E-state index contributed by atoms with van der Waals surface area (Å²) >= 11 is 14.2. The molecule has 0 unspecified atom stereocenters. The van der Waals surface area contributed by atoms with Crippen molar-refractivity contribution in [3.05, 3.63) is 105 Å². The Morgan fingerprint density at radius 3 is 2.40 bits per heavy atom. The number of hydrogen-bond donors (Lipinski definition) is 3. The minimum absolute atomic E-state index is 0.0667. The van der Waals surface area contributed by atoms with Gasteiger partial charge in [-0.3, -0.25) is 18.8 Å². The van der Waals surface area contributed by atoms with Crippen molar-refractivity contribution in [1.82, 2.24) is 29.9 Å². The molecule has 7 rings (SSSR count). The third kappa shape index (κ3) is 6.82. The molecule has 256 valence electrons. The number of carbonyl (C=O) groups excluding carboxylic acids is 2. The summed E-state index contributed by atoms with van der Waals surface area (Å²) in [5.41, 5.74) is 5.69. The molecule has 5 aromatic rings. The highest BCUT2D eigenvalue weighted by molar-refractivity contribution is 6.39. The van der Waals surface area contributed by atoms with Crippen molar-refractivity contribution in [3.63, 3.8) is 0 Å². The van der Waals surface area contributed by atoms with Gasteiger partial charge in [-0.2, -0.15) is 0 Å². The molecule has 2 aliphatic heterocycles. The van der Waals surface area contributed by atoms with Crippen LogP contribution in [0.4, 0.5) is 0 Å². The number of hydrogen-bond acceptors (Lipinski definition) is 8. The molecule has 2 fully saturated rings. The van der Waals surface area contributed by atoms with Gasteiger partial charge in [0.15, 0.2) is 0 Å². The first-order valence-electron chi connectivity index (χ1n) is 16.3. The van der Waals surface area contributed by atoms with E-state index in [0.717, 1.165) is 28.7 Å². The summed E-state index contributed by atoms with van der Waals surface area (Å²) in [6.07, 6.45) is 2.38. The molecule has 2 saturated heterocycles. The first-order chi connectivity index (χ1) is 24.2. The molecule has 2 amide bonds. The third-order valence-corrected chi connectivity index (χ3v) is 9.88. The van der Waals surface area contributed by atoms with E-state index in [1.165, 1.54) is 15.4 Å². The maximum Gasteiger partial charge on any atom is 0.258 e. The third-order valence-electron chi connectivity index (χ3n) is 9.07. The standard InChI is InChI=1S/C37H34Cl2N6O5/c1-50-37-22(17-40-18-23-9-11-32(47)42-23)8-10-30(43-37)29-7-3-6-28(36(29)39)27-5-2-4-26(35(27)38)21-12-13-45-31(14-21)41-24(15-34(45)49)19-44-20-25(46)16-33(44)48/h2-8,10,12-15,23,25,40,46H,9,11,16-20H2,1H3,(H,42,47)/t23-,25-/m0/s1. The number of nitrogens with one attached hydrogen (secondary N) is 2. The van der Waals surface area contributed by atoms with Gasteiger partial charge < -0.3 is 25.4 Å². The number of aromatic nitrogens is 3. The number of aliphatic hydroxyl groups is 1. The van der Waals surface area contributed by atoms with Crippen LogP contribution in [0.1, 0.15) is 30.5 Å². The van der Waals surface area contributed by atoms with Crippen LogP contribution in [0, 0.1) is 0 Å². The normalized spacial score (nSPS) is 17.5. The lowest BCUT2D eigenvalue weighted by atomic mass is 9.97. The van der Waals surface area contributed by atoms with Crippen LogP contribution < -0.4 is 20.9 Å². The fraction of sp³-hybridized carbons (Fsp3) is 0.270. The smallest absolute Gasteiger partial charge is 0.258 e. The largest absolute Gasteiger partial charge is 0.481 e. The van der Waals surface area contributed by atoms with Gasteiger partial charge in [0.05, 0.1) is 47.6 Å². The molecule has 2 atom stereocenters. The van der Waals surface area contributed by atoms with Gasteiger partial charge in [-0.05, 0) is 30.2 Å². The average Bonchev–Trinajstić information content (AvgIpc) is 3.67. The topological polar surface area (TPSA) is 138 Å². The van der Waals surface area contributed by atoms with E-state index in [1.807, 2.05) is 48.5 Å². The maximum absolute atomic E-state index is 12.9. The predicted molar refractivity (Wildman–Crippen MR) is 191 cm³/mol. The summed E-state index contributed by atoms with van der Waals surface area (Å²) in [6.45, 7) is 1.54. The average molecular weight is 714 g/mol. The van der Waals surface area contributed by atoms with Crippen molar-refractivity contribution in [2.45, 2.75) is 44.5 Å². The Kier molecular flexibility index (Phi) is 9.56. The molecule has 2 aromatic carbocycles. The molecule has 50 heavy (non-hydrogen) atoms. The first-order valence-corrected chi connectivity index (χ1v) is 17.0. The summed E-state index contributed by atoms with van der Waals surface area (Å²) in [5.74, 6) is 0.387. The minimum Gasteiger partial charge on any atom is -0.481 e. The van der Waals surface area contributed by atoms with Crippen LogP contribution in [0.15, 0.2) is 77.7 Å². The van der Waals surface area contributed by atoms with Crippen LogP contribution in [-0.2, 0) is 22.7 Å². The first kappa shape index (κ1) is 33.7. The van der Waals surface area contributed by atoms with Crippen molar-refractivity contribution >= 4 is 40.7 Å². The predicted octanol–water partition coefficient (Wildman–Crippen LogP) is 4.87. The second kappa shape index (κ2) is 14.2. The zero-order chi connectivity index (χ0) is 34.9. The lowest BCUT2D eigenvalue weighted by Gasteiger charge is -2.16. The lowest BCUT2D eigenvalue weighted by molar-refractivity contribution is -0.128. The Hall–Kier alpha value is -4.81. The number of ether oxygens (including phenoxy) is 1. The number of pyridine rings is 2. The van der Waals surface area contributed by atoms with Gasteiger partial charge in [0.2, 0.25) is 17.7 Å². The van der Waals surface area contributed by atoms with E-state index in [2.05, 4.69) is 15.6 Å². The fourth-order valence-corrected chi connectivity index (χ4v) is 7.20. The van der Waals surface area contributed by atoms with Crippen molar-refractivity contribution in [3.8, 4) is 39.4 Å². The van der Waals surface area contributed by atoms with Gasteiger partial charge in [-0.1, -0.05) is 65.7 Å². The van der Waals surface area contributed by atoms with E-state index >= 15 is 0 Å². The van der Waals surface area contributed by atoms with E-state index in [-0.39, 0.29) is 42.9 Å². The van der Waals surface area contributed by atoms with Gasteiger partial charge in [-0.25, -0.2) is 9.97 Å². The molecule has 11 nitrogen and oxygen atoms in total. The highest BCUT2D eigenvalue weighted by Crippen LogP contribution is 2.42. The Bertz CT molecular complexity index is 2190. The highest BCUT2D eigenvalue weighted by Gasteiger charge is 2.28. The number of likely N-dealkylation sites (tertiary alicyclic amines) is 1. The van der Waals surface area contributed by atoms with Crippen molar-refractivity contribution < 1.29 is 19.4 Å². The second-order valence-corrected chi connectivity index (χ2v) is 13.3. The number of nitrogens with zero attached hydrogens (tertiary/aromatic N) is 4. The number of β-amino-alcohol motifs (C(OH)–C–C–N with tert-alkyl or cyclic N) is 1. The number of carbonyl (C=O) groups is 2. The van der Waals surface area contributed by atoms with E-state index in [1.54, 1.807) is 25.4 Å². The van der Waals surface area contributed by atoms with Crippen molar-refractivity contribution in [2.24, 2.45) is 0 Å². The van der Waals surface area contributed by atoms with Gasteiger partial charge in [0.25, 0.3) is 5.56 Å². The Labute approximate surface area is 297 Å². The molecule has 13 heteroatoms. The number of methoxy groups -OCH3 is 1. The number of halogens is 2. The summed E-state index contributed by atoms with van der Waals surface area (Å²) in [6, 6.07) is 20.3. The molecule has 0 saturated carbocycles. The highest BCUT2D eigenvalue weighted by atomic mass is 35.5. The monoisotopic (exact) mass is 712 g/mol. The second-order valence-electron chi connectivity index (χ2n) is 12.5. The molecule has 0 bridgehead atoms. The number of rotatable bonds is 10. The van der Waals surface area contributed by atoms with Crippen molar-refractivity contribution in [1.29, 1.82) is 0 Å². The van der Waals surface area contributed by atoms with E-state index in [9.17, 15) is 19.5 Å². The van der Waals surface area contributed by atoms with Crippen LogP contribution in [0.25, 0.3) is 39.2 Å². The van der Waals surface area contributed by atoms with E-state index < -0.39 is 6.10 Å². The van der Waals surface area contributed by atoms with Crippen LogP contribution in [0.3, 0.4) is 0 Å². The molecular formula is C37H34Cl2N6O5. The van der Waals surface area contributed by atoms with Crippen LogP contribution >= 0.6 is 23.2 Å². The SMILES string of the molecule is COc1nc(-c2cccc(-c3cccc(-c4ccn5c(=O)cc(CN6C[C@@H](O)CC6=O)nc5c4)c3Cl)c2Cl)ccc1CNC[C@@H]1CCC(=O)N1. The van der Waals surface area contributed by atoms with Gasteiger partial charge in [-0.15, -0.1) is 0 Å². The lowest BCUT2D eigenvalue weighted by Crippen LogP contribution is -2.35. The van der Waals surface area contributed by atoms with Crippen LogP contribution in [0.2, 0.25) is 10.0 Å².